The van der Waals surface area contributed by atoms with Crippen LogP contribution in [-0.4, -0.2) is 17.7 Å². The van der Waals surface area contributed by atoms with Gasteiger partial charge >= 0.3 is 11.9 Å². The van der Waals surface area contributed by atoms with Crippen LogP contribution in [0.5, 0.6) is 0 Å². The average molecular weight is 301 g/mol. The van der Waals surface area contributed by atoms with Crippen LogP contribution in [0.4, 0.5) is 5.69 Å². The Kier molecular flexibility index (Phi) is 3.88. The third-order valence-electron chi connectivity index (χ3n) is 4.13. The molecule has 2 fully saturated rings. The van der Waals surface area contributed by atoms with Gasteiger partial charge in [0.25, 0.3) is 5.79 Å². The standard InChI is InChI=1S/C17H19NO4/c1-12-7-3-4-8-14(12)18-11-13-15(19)21-17(22-16(13)20)9-5-2-6-10-17/h3-4,7-8,11,18H,2,5-6,9-10H2,1H3. The van der Waals surface area contributed by atoms with E-state index in [9.17, 15) is 9.59 Å². The minimum atomic E-state index is -1.04. The third kappa shape index (κ3) is 2.84. The van der Waals surface area contributed by atoms with E-state index in [4.69, 9.17) is 9.47 Å². The Bertz CT molecular complexity index is 607. The van der Waals surface area contributed by atoms with Gasteiger partial charge in [0.15, 0.2) is 5.57 Å². The predicted molar refractivity (Wildman–Crippen MR) is 80.9 cm³/mol. The van der Waals surface area contributed by atoms with E-state index >= 15 is 0 Å². The van der Waals surface area contributed by atoms with E-state index in [1.54, 1.807) is 0 Å². The molecular formula is C17H19NO4. The van der Waals surface area contributed by atoms with Crippen LogP contribution < -0.4 is 5.32 Å². The van der Waals surface area contributed by atoms with Gasteiger partial charge < -0.3 is 14.8 Å². The first-order chi connectivity index (χ1) is 10.6. The Labute approximate surface area is 129 Å². The number of aryl methyl sites for hydroxylation is 1. The van der Waals surface area contributed by atoms with E-state index in [-0.39, 0.29) is 5.57 Å². The number of rotatable bonds is 2. The number of hydrogen-bond donors (Lipinski definition) is 1. The van der Waals surface area contributed by atoms with Crippen molar-refractivity contribution < 1.29 is 19.1 Å². The van der Waals surface area contributed by atoms with E-state index in [0.717, 1.165) is 30.5 Å². The minimum Gasteiger partial charge on any atom is -0.419 e. The third-order valence-corrected chi connectivity index (χ3v) is 4.13. The van der Waals surface area contributed by atoms with E-state index in [1.807, 2.05) is 31.2 Å². The minimum absolute atomic E-state index is 0.0977. The summed E-state index contributed by atoms with van der Waals surface area (Å²) in [4.78, 5) is 24.3. The maximum Gasteiger partial charge on any atom is 0.350 e. The Balaban J connectivity index is 1.75. The number of nitrogens with one attached hydrogen (secondary N) is 1. The van der Waals surface area contributed by atoms with Crippen molar-refractivity contribution in [1.82, 2.24) is 0 Å². The molecule has 5 nitrogen and oxygen atoms in total. The molecule has 1 aromatic carbocycles. The molecule has 0 unspecified atom stereocenters. The van der Waals surface area contributed by atoms with Crippen molar-refractivity contribution in [1.29, 1.82) is 0 Å². The van der Waals surface area contributed by atoms with E-state index in [0.29, 0.717) is 12.8 Å². The lowest BCUT2D eigenvalue weighted by molar-refractivity contribution is -0.244. The number of esters is 2. The van der Waals surface area contributed by atoms with E-state index < -0.39 is 17.7 Å². The highest BCUT2D eigenvalue weighted by atomic mass is 16.7. The highest BCUT2D eigenvalue weighted by Crippen LogP contribution is 2.36. The van der Waals surface area contributed by atoms with Crippen LogP contribution in [0.2, 0.25) is 0 Å². The van der Waals surface area contributed by atoms with E-state index in [1.165, 1.54) is 6.20 Å². The van der Waals surface area contributed by atoms with Crippen molar-refractivity contribution in [3.8, 4) is 0 Å². The Morgan fingerprint density at radius 2 is 1.68 bits per heavy atom. The molecule has 0 atom stereocenters. The van der Waals surface area contributed by atoms with Crippen molar-refractivity contribution in [3.05, 3.63) is 41.6 Å². The molecule has 1 saturated heterocycles. The van der Waals surface area contributed by atoms with Crippen molar-refractivity contribution >= 4 is 17.6 Å². The van der Waals surface area contributed by atoms with Crippen LogP contribution >= 0.6 is 0 Å². The SMILES string of the molecule is Cc1ccccc1NC=C1C(=O)OC2(CCCCC2)OC1=O. The molecule has 0 radical (unpaired) electrons. The first-order valence-corrected chi connectivity index (χ1v) is 7.59. The van der Waals surface area contributed by atoms with Gasteiger partial charge in [0.1, 0.15) is 0 Å². The number of para-hydroxylation sites is 1. The maximum absolute atomic E-state index is 12.2. The fraction of sp³-hybridized carbons (Fsp3) is 0.412. The van der Waals surface area contributed by atoms with Crippen LogP contribution in [0.1, 0.15) is 37.7 Å². The van der Waals surface area contributed by atoms with Gasteiger partial charge in [-0.2, -0.15) is 0 Å². The second kappa shape index (κ2) is 5.83. The summed E-state index contributed by atoms with van der Waals surface area (Å²) >= 11 is 0. The predicted octanol–water partition coefficient (Wildman–Crippen LogP) is 3.05. The maximum atomic E-state index is 12.2. The summed E-state index contributed by atoms with van der Waals surface area (Å²) in [6, 6.07) is 7.61. The topological polar surface area (TPSA) is 64.6 Å². The highest BCUT2D eigenvalue weighted by molar-refractivity contribution is 6.15. The number of anilines is 1. The highest BCUT2D eigenvalue weighted by Gasteiger charge is 2.46. The lowest BCUT2D eigenvalue weighted by atomic mass is 9.93. The molecule has 1 heterocycles. The first kappa shape index (κ1) is 14.6. The summed E-state index contributed by atoms with van der Waals surface area (Å²) in [7, 11) is 0. The van der Waals surface area contributed by atoms with Crippen LogP contribution in [0.15, 0.2) is 36.0 Å². The molecule has 0 aromatic heterocycles. The molecule has 116 valence electrons. The van der Waals surface area contributed by atoms with Crippen molar-refractivity contribution in [3.63, 3.8) is 0 Å². The number of hydrogen-bond acceptors (Lipinski definition) is 5. The van der Waals surface area contributed by atoms with Crippen LogP contribution in [0.3, 0.4) is 0 Å². The molecule has 1 N–H and O–H groups in total. The number of carbonyl (C=O) groups excluding carboxylic acids is 2. The quantitative estimate of drug-likeness (QED) is 0.517. The normalized spacial score (nSPS) is 20.3. The van der Waals surface area contributed by atoms with Gasteiger partial charge in [0, 0.05) is 24.7 Å². The van der Waals surface area contributed by atoms with Crippen LogP contribution in [0.25, 0.3) is 0 Å². The van der Waals surface area contributed by atoms with Crippen LogP contribution in [0, 0.1) is 6.92 Å². The number of ether oxygens (including phenoxy) is 2. The molecule has 1 saturated carbocycles. The molecule has 0 amide bonds. The smallest absolute Gasteiger partial charge is 0.350 e. The lowest BCUT2D eigenvalue weighted by Crippen LogP contribution is -2.47. The molecule has 1 aliphatic heterocycles. The average Bonchev–Trinajstić information content (AvgIpc) is 2.49. The van der Waals surface area contributed by atoms with Gasteiger partial charge in [-0.25, -0.2) is 9.59 Å². The molecule has 1 spiro atoms. The van der Waals surface area contributed by atoms with Crippen molar-refractivity contribution in [2.45, 2.75) is 44.8 Å². The van der Waals surface area contributed by atoms with E-state index in [2.05, 4.69) is 5.32 Å². The second-order valence-electron chi connectivity index (χ2n) is 5.77. The fourth-order valence-electron chi connectivity index (χ4n) is 2.85. The lowest BCUT2D eigenvalue weighted by Gasteiger charge is -2.38. The Hall–Kier alpha value is -2.30. The molecule has 3 rings (SSSR count). The Morgan fingerprint density at radius 3 is 2.32 bits per heavy atom. The summed E-state index contributed by atoms with van der Waals surface area (Å²) in [6.07, 6.45) is 5.42. The van der Waals surface area contributed by atoms with Gasteiger partial charge in [-0.05, 0) is 31.4 Å². The number of carbonyl (C=O) groups is 2. The zero-order valence-electron chi connectivity index (χ0n) is 12.6. The zero-order valence-corrected chi connectivity index (χ0v) is 12.6. The first-order valence-electron chi connectivity index (χ1n) is 7.59. The monoisotopic (exact) mass is 301 g/mol. The summed E-state index contributed by atoms with van der Waals surface area (Å²) in [5, 5.41) is 2.97. The van der Waals surface area contributed by atoms with Gasteiger partial charge in [0.05, 0.1) is 0 Å². The van der Waals surface area contributed by atoms with Gasteiger partial charge in [-0.3, -0.25) is 0 Å². The molecule has 5 heteroatoms. The zero-order chi connectivity index (χ0) is 15.6. The summed E-state index contributed by atoms with van der Waals surface area (Å²) in [5.41, 5.74) is 1.74. The van der Waals surface area contributed by atoms with Gasteiger partial charge in [-0.1, -0.05) is 24.6 Å². The summed E-state index contributed by atoms with van der Waals surface area (Å²) < 4.78 is 10.9. The molecule has 1 aromatic rings. The molecular weight excluding hydrogens is 282 g/mol. The van der Waals surface area contributed by atoms with Gasteiger partial charge in [0.2, 0.25) is 0 Å². The summed E-state index contributed by atoms with van der Waals surface area (Å²) in [5.74, 6) is -2.26. The van der Waals surface area contributed by atoms with Crippen molar-refractivity contribution in [2.75, 3.05) is 5.32 Å². The fourth-order valence-corrected chi connectivity index (χ4v) is 2.85. The van der Waals surface area contributed by atoms with Crippen LogP contribution in [-0.2, 0) is 19.1 Å². The summed E-state index contributed by atoms with van der Waals surface area (Å²) in [6.45, 7) is 1.94. The van der Waals surface area contributed by atoms with Gasteiger partial charge in [-0.15, -0.1) is 0 Å². The number of benzene rings is 1. The molecule has 2 aliphatic rings. The Morgan fingerprint density at radius 1 is 1.05 bits per heavy atom. The molecule has 22 heavy (non-hydrogen) atoms. The van der Waals surface area contributed by atoms with Crippen molar-refractivity contribution in [2.24, 2.45) is 0 Å². The molecule has 0 bridgehead atoms. The second-order valence-corrected chi connectivity index (χ2v) is 5.77. The largest absolute Gasteiger partial charge is 0.419 e. The molecule has 1 aliphatic carbocycles.